The molecule has 2 rings (SSSR count). The van der Waals surface area contributed by atoms with E-state index < -0.39 is 0 Å². The van der Waals surface area contributed by atoms with Gasteiger partial charge in [-0.25, -0.2) is 0 Å². The molecule has 0 N–H and O–H groups in total. The molecule has 0 fully saturated rings. The van der Waals surface area contributed by atoms with Gasteiger partial charge in [-0.1, -0.05) is 12.1 Å². The van der Waals surface area contributed by atoms with Crippen molar-refractivity contribution in [1.82, 2.24) is 0 Å². The fourth-order valence-corrected chi connectivity index (χ4v) is 1.24. The molecule has 1 heteroatoms. The summed E-state index contributed by atoms with van der Waals surface area (Å²) in [4.78, 5) is 0. The molecular formula is C9H9O. The standard InChI is InChI=1S/C9H9O/c1-2-4-9-7-10-6-5-8(9)3-1/h1,3-4H,5-7H2. The Morgan fingerprint density at radius 3 is 3.30 bits per heavy atom. The zero-order valence-electron chi connectivity index (χ0n) is 5.76. The molecule has 1 nitrogen and oxygen atoms in total. The summed E-state index contributed by atoms with van der Waals surface area (Å²) < 4.78 is 5.28. The van der Waals surface area contributed by atoms with Crippen LogP contribution in [0.1, 0.15) is 11.1 Å². The van der Waals surface area contributed by atoms with Crippen LogP contribution in [-0.2, 0) is 17.8 Å². The molecule has 0 saturated carbocycles. The molecule has 0 aromatic heterocycles. The van der Waals surface area contributed by atoms with Crippen LogP contribution in [0.25, 0.3) is 0 Å². The normalized spacial score (nSPS) is 16.4. The summed E-state index contributed by atoms with van der Waals surface area (Å²) in [6, 6.07) is 9.13. The molecule has 1 heterocycles. The van der Waals surface area contributed by atoms with Gasteiger partial charge in [0.15, 0.2) is 0 Å². The number of benzene rings is 1. The second-order valence-electron chi connectivity index (χ2n) is 2.50. The fraction of sp³-hybridized carbons (Fsp3) is 0.333. The monoisotopic (exact) mass is 133 g/mol. The first kappa shape index (κ1) is 5.93. The molecule has 1 aromatic rings. The maximum absolute atomic E-state index is 5.28. The summed E-state index contributed by atoms with van der Waals surface area (Å²) in [7, 11) is 0. The molecule has 0 amide bonds. The van der Waals surface area contributed by atoms with Crippen LogP contribution >= 0.6 is 0 Å². The Balaban J connectivity index is 2.41. The van der Waals surface area contributed by atoms with Gasteiger partial charge in [0, 0.05) is 0 Å². The lowest BCUT2D eigenvalue weighted by Gasteiger charge is -2.14. The Hall–Kier alpha value is -0.820. The smallest absolute Gasteiger partial charge is 0.0719 e. The SMILES string of the molecule is [c]1ccc2c(c1)COCC2. The second kappa shape index (κ2) is 2.43. The van der Waals surface area contributed by atoms with Crippen molar-refractivity contribution in [3.8, 4) is 0 Å². The fourth-order valence-electron chi connectivity index (χ4n) is 1.24. The Kier molecular flexibility index (Phi) is 1.44. The summed E-state index contributed by atoms with van der Waals surface area (Å²) >= 11 is 0. The first-order valence-electron chi connectivity index (χ1n) is 3.52. The molecular weight excluding hydrogens is 124 g/mol. The minimum Gasteiger partial charge on any atom is -0.376 e. The number of fused-ring (bicyclic) bond motifs is 1. The zero-order chi connectivity index (χ0) is 6.81. The number of ether oxygens (including phenoxy) is 1. The maximum Gasteiger partial charge on any atom is 0.0719 e. The third-order valence-corrected chi connectivity index (χ3v) is 1.82. The Morgan fingerprint density at radius 1 is 1.40 bits per heavy atom. The van der Waals surface area contributed by atoms with E-state index in [1.165, 1.54) is 11.1 Å². The van der Waals surface area contributed by atoms with Crippen molar-refractivity contribution >= 4 is 0 Å². The third kappa shape index (κ3) is 0.929. The van der Waals surface area contributed by atoms with Crippen LogP contribution in [0, 0.1) is 6.07 Å². The average molecular weight is 133 g/mol. The van der Waals surface area contributed by atoms with E-state index in [-0.39, 0.29) is 0 Å². The van der Waals surface area contributed by atoms with Crippen LogP contribution in [0.4, 0.5) is 0 Å². The summed E-state index contributed by atoms with van der Waals surface area (Å²) in [5, 5.41) is 0. The molecule has 0 aliphatic carbocycles. The highest BCUT2D eigenvalue weighted by atomic mass is 16.5. The third-order valence-electron chi connectivity index (χ3n) is 1.82. The van der Waals surface area contributed by atoms with E-state index in [4.69, 9.17) is 4.74 Å². The van der Waals surface area contributed by atoms with Crippen molar-refractivity contribution < 1.29 is 4.74 Å². The molecule has 0 spiro atoms. The highest BCUT2D eigenvalue weighted by molar-refractivity contribution is 5.27. The summed E-state index contributed by atoms with van der Waals surface area (Å²) in [5.41, 5.74) is 2.72. The molecule has 0 saturated heterocycles. The highest BCUT2D eigenvalue weighted by Gasteiger charge is 2.06. The number of hydrogen-bond donors (Lipinski definition) is 0. The predicted octanol–water partition coefficient (Wildman–Crippen LogP) is 1.56. The van der Waals surface area contributed by atoms with Gasteiger partial charge in [-0.05, 0) is 29.7 Å². The van der Waals surface area contributed by atoms with Crippen LogP contribution in [0.15, 0.2) is 18.2 Å². The summed E-state index contributed by atoms with van der Waals surface area (Å²) in [5.74, 6) is 0. The maximum atomic E-state index is 5.28. The molecule has 1 radical (unpaired) electrons. The first-order chi connectivity index (χ1) is 4.97. The Morgan fingerprint density at radius 2 is 2.40 bits per heavy atom. The van der Waals surface area contributed by atoms with E-state index in [0.29, 0.717) is 0 Å². The van der Waals surface area contributed by atoms with E-state index in [9.17, 15) is 0 Å². The minimum absolute atomic E-state index is 0.771. The quantitative estimate of drug-likeness (QED) is 0.522. The first-order valence-corrected chi connectivity index (χ1v) is 3.52. The summed E-state index contributed by atoms with van der Waals surface area (Å²) in [6.07, 6.45) is 1.06. The van der Waals surface area contributed by atoms with Gasteiger partial charge in [-0.2, -0.15) is 0 Å². The predicted molar refractivity (Wildman–Crippen MR) is 38.6 cm³/mol. The zero-order valence-corrected chi connectivity index (χ0v) is 5.76. The molecule has 0 unspecified atom stereocenters. The Labute approximate surface area is 60.6 Å². The van der Waals surface area contributed by atoms with Crippen LogP contribution in [0.3, 0.4) is 0 Å². The van der Waals surface area contributed by atoms with Crippen molar-refractivity contribution in [3.63, 3.8) is 0 Å². The van der Waals surface area contributed by atoms with Crippen LogP contribution in [-0.4, -0.2) is 6.61 Å². The average Bonchev–Trinajstić information content (AvgIpc) is 2.05. The molecule has 0 bridgehead atoms. The lowest BCUT2D eigenvalue weighted by molar-refractivity contribution is 0.111. The van der Waals surface area contributed by atoms with Crippen molar-refractivity contribution in [2.75, 3.05) is 6.61 Å². The van der Waals surface area contributed by atoms with E-state index >= 15 is 0 Å². The molecule has 51 valence electrons. The van der Waals surface area contributed by atoms with Gasteiger partial charge >= 0.3 is 0 Å². The van der Waals surface area contributed by atoms with Crippen molar-refractivity contribution in [1.29, 1.82) is 0 Å². The second-order valence-corrected chi connectivity index (χ2v) is 2.50. The molecule has 1 aliphatic heterocycles. The molecule has 10 heavy (non-hydrogen) atoms. The van der Waals surface area contributed by atoms with Gasteiger partial charge in [0.05, 0.1) is 13.2 Å². The number of hydrogen-bond acceptors (Lipinski definition) is 1. The molecule has 1 aliphatic rings. The van der Waals surface area contributed by atoms with E-state index in [1.54, 1.807) is 0 Å². The van der Waals surface area contributed by atoms with Crippen molar-refractivity contribution in [3.05, 3.63) is 35.4 Å². The topological polar surface area (TPSA) is 9.23 Å². The number of rotatable bonds is 0. The molecule has 1 aromatic carbocycles. The van der Waals surface area contributed by atoms with Gasteiger partial charge in [0.25, 0.3) is 0 Å². The van der Waals surface area contributed by atoms with Crippen LogP contribution in [0.2, 0.25) is 0 Å². The van der Waals surface area contributed by atoms with Gasteiger partial charge in [0.1, 0.15) is 0 Å². The minimum atomic E-state index is 0.771. The van der Waals surface area contributed by atoms with Crippen molar-refractivity contribution in [2.45, 2.75) is 13.0 Å². The van der Waals surface area contributed by atoms with Gasteiger partial charge in [0.2, 0.25) is 0 Å². The van der Waals surface area contributed by atoms with Crippen molar-refractivity contribution in [2.24, 2.45) is 0 Å². The van der Waals surface area contributed by atoms with E-state index in [1.807, 2.05) is 12.1 Å². The van der Waals surface area contributed by atoms with E-state index in [0.717, 1.165) is 19.6 Å². The Bertz CT molecular complexity index is 205. The lowest BCUT2D eigenvalue weighted by Crippen LogP contribution is -2.08. The van der Waals surface area contributed by atoms with Gasteiger partial charge in [-0.15, -0.1) is 0 Å². The van der Waals surface area contributed by atoms with Crippen LogP contribution < -0.4 is 0 Å². The lowest BCUT2D eigenvalue weighted by atomic mass is 10.0. The highest BCUT2D eigenvalue weighted by Crippen LogP contribution is 2.14. The summed E-state index contributed by atoms with van der Waals surface area (Å²) in [6.45, 7) is 1.64. The van der Waals surface area contributed by atoms with E-state index in [2.05, 4.69) is 12.1 Å². The van der Waals surface area contributed by atoms with Gasteiger partial charge < -0.3 is 4.74 Å². The van der Waals surface area contributed by atoms with Crippen LogP contribution in [0.5, 0.6) is 0 Å². The molecule has 0 atom stereocenters. The largest absolute Gasteiger partial charge is 0.376 e. The van der Waals surface area contributed by atoms with Gasteiger partial charge in [-0.3, -0.25) is 0 Å².